The number of para-hydroxylation sites is 1. The van der Waals surface area contributed by atoms with E-state index >= 15 is 0 Å². The van der Waals surface area contributed by atoms with Crippen molar-refractivity contribution in [2.24, 2.45) is 10.9 Å². The molecule has 1 saturated heterocycles. The molecule has 0 spiro atoms. The number of aliphatic imine (C=N–C) groups is 1. The van der Waals surface area contributed by atoms with Crippen molar-refractivity contribution in [3.05, 3.63) is 29.8 Å². The molecule has 1 aliphatic rings. The Morgan fingerprint density at radius 2 is 2.04 bits per heavy atom. The van der Waals surface area contributed by atoms with Gasteiger partial charge in [0.25, 0.3) is 0 Å². The van der Waals surface area contributed by atoms with Crippen LogP contribution in [0.5, 0.6) is 5.75 Å². The van der Waals surface area contributed by atoms with Crippen LogP contribution in [0.1, 0.15) is 32.8 Å². The van der Waals surface area contributed by atoms with Crippen LogP contribution < -0.4 is 10.1 Å². The third-order valence-corrected chi connectivity index (χ3v) is 5.18. The zero-order chi connectivity index (χ0) is 20.2. The molecule has 1 aliphatic heterocycles. The second-order valence-corrected chi connectivity index (χ2v) is 7.26. The summed E-state index contributed by atoms with van der Waals surface area (Å²) in [7, 11) is 2.10. The predicted molar refractivity (Wildman–Crippen MR) is 116 cm³/mol. The Balaban J connectivity index is 1.96. The average Bonchev–Trinajstić information content (AvgIpc) is 3.22. The molecular weight excluding hydrogens is 352 g/mol. The van der Waals surface area contributed by atoms with E-state index in [2.05, 4.69) is 55.1 Å². The highest BCUT2D eigenvalue weighted by Gasteiger charge is 2.19. The highest BCUT2D eigenvalue weighted by atomic mass is 16.5. The van der Waals surface area contributed by atoms with Gasteiger partial charge in [-0.1, -0.05) is 32.0 Å². The van der Waals surface area contributed by atoms with E-state index in [1.165, 1.54) is 0 Å². The van der Waals surface area contributed by atoms with E-state index in [4.69, 9.17) is 14.5 Å². The number of nitrogens with one attached hydrogen (secondary N) is 1. The molecule has 6 nitrogen and oxygen atoms in total. The molecule has 1 atom stereocenters. The van der Waals surface area contributed by atoms with Crippen molar-refractivity contribution in [1.29, 1.82) is 0 Å². The summed E-state index contributed by atoms with van der Waals surface area (Å²) in [6, 6.07) is 8.22. The Morgan fingerprint density at radius 3 is 2.71 bits per heavy atom. The molecule has 1 fully saturated rings. The van der Waals surface area contributed by atoms with Crippen molar-refractivity contribution in [3.8, 4) is 5.75 Å². The summed E-state index contributed by atoms with van der Waals surface area (Å²) >= 11 is 0. The van der Waals surface area contributed by atoms with Crippen molar-refractivity contribution < 1.29 is 9.47 Å². The number of guanidine groups is 1. The van der Waals surface area contributed by atoms with Crippen LogP contribution in [0.2, 0.25) is 0 Å². The largest absolute Gasteiger partial charge is 0.492 e. The van der Waals surface area contributed by atoms with Gasteiger partial charge < -0.3 is 24.6 Å². The molecule has 1 unspecified atom stereocenters. The normalized spacial score (nSPS) is 17.2. The molecule has 0 aromatic heterocycles. The first-order chi connectivity index (χ1) is 13.7. The number of likely N-dealkylation sites (N-methyl/N-ethyl adjacent to an activating group) is 1. The molecule has 0 amide bonds. The van der Waals surface area contributed by atoms with Crippen molar-refractivity contribution >= 4 is 5.96 Å². The molecule has 2 rings (SSSR count). The van der Waals surface area contributed by atoms with Gasteiger partial charge in [-0.05, 0) is 32.5 Å². The minimum Gasteiger partial charge on any atom is -0.492 e. The molecule has 1 heterocycles. The van der Waals surface area contributed by atoms with E-state index in [0.29, 0.717) is 19.1 Å². The summed E-state index contributed by atoms with van der Waals surface area (Å²) in [5.41, 5.74) is 1.12. The van der Waals surface area contributed by atoms with Crippen LogP contribution in [0.25, 0.3) is 0 Å². The smallest absolute Gasteiger partial charge is 0.193 e. The molecule has 158 valence electrons. The number of benzene rings is 1. The maximum Gasteiger partial charge on any atom is 0.193 e. The summed E-state index contributed by atoms with van der Waals surface area (Å²) in [5.74, 6) is 2.46. The van der Waals surface area contributed by atoms with E-state index in [9.17, 15) is 0 Å². The van der Waals surface area contributed by atoms with Gasteiger partial charge in [0.15, 0.2) is 5.96 Å². The van der Waals surface area contributed by atoms with Gasteiger partial charge in [-0.25, -0.2) is 4.99 Å². The van der Waals surface area contributed by atoms with Crippen molar-refractivity contribution in [1.82, 2.24) is 15.1 Å². The lowest BCUT2D eigenvalue weighted by Crippen LogP contribution is -2.41. The highest BCUT2D eigenvalue weighted by molar-refractivity contribution is 5.79. The number of nitrogens with zero attached hydrogens (tertiary/aromatic N) is 3. The van der Waals surface area contributed by atoms with Crippen LogP contribution in [0, 0.1) is 5.92 Å². The number of hydrogen-bond acceptors (Lipinski definition) is 4. The van der Waals surface area contributed by atoms with Gasteiger partial charge >= 0.3 is 0 Å². The van der Waals surface area contributed by atoms with Crippen molar-refractivity contribution in [2.75, 3.05) is 59.6 Å². The van der Waals surface area contributed by atoms with Crippen LogP contribution in [0.4, 0.5) is 0 Å². The Kier molecular flexibility index (Phi) is 10.1. The zero-order valence-electron chi connectivity index (χ0n) is 18.1. The monoisotopic (exact) mass is 390 g/mol. The summed E-state index contributed by atoms with van der Waals surface area (Å²) in [5, 5.41) is 3.41. The van der Waals surface area contributed by atoms with Gasteiger partial charge in [0.1, 0.15) is 12.4 Å². The van der Waals surface area contributed by atoms with Gasteiger partial charge in [0.2, 0.25) is 0 Å². The Morgan fingerprint density at radius 1 is 1.25 bits per heavy atom. The van der Waals surface area contributed by atoms with E-state index in [0.717, 1.165) is 69.6 Å². The third-order valence-electron chi connectivity index (χ3n) is 5.18. The minimum absolute atomic E-state index is 0.588. The van der Waals surface area contributed by atoms with E-state index in [-0.39, 0.29) is 0 Å². The first kappa shape index (κ1) is 22.5. The Labute approximate surface area is 170 Å². The lowest BCUT2D eigenvalue weighted by molar-refractivity contribution is 0.181. The molecule has 1 aromatic carbocycles. The predicted octanol–water partition coefficient (Wildman–Crippen LogP) is 2.84. The number of hydrogen-bond donors (Lipinski definition) is 1. The maximum atomic E-state index is 6.07. The number of ether oxygens (including phenoxy) is 2. The molecular formula is C22H38N4O2. The summed E-state index contributed by atoms with van der Waals surface area (Å²) in [6.07, 6.45) is 1.13. The standard InChI is InChI=1S/C22H38N4O2/c1-5-23-22(25(4)17-19-12-14-27-18-19)24-16-20-10-8-9-11-21(20)28-15-13-26(6-2)7-3/h8-11,19H,5-7,12-18H2,1-4H3,(H,23,24). The lowest BCUT2D eigenvalue weighted by atomic mass is 10.1. The van der Waals surface area contributed by atoms with Crippen LogP contribution >= 0.6 is 0 Å². The van der Waals surface area contributed by atoms with Crippen LogP contribution in [0.3, 0.4) is 0 Å². The first-order valence-corrected chi connectivity index (χ1v) is 10.7. The number of rotatable bonds is 11. The fraction of sp³-hybridized carbons (Fsp3) is 0.682. The van der Waals surface area contributed by atoms with Crippen molar-refractivity contribution in [3.63, 3.8) is 0 Å². The highest BCUT2D eigenvalue weighted by Crippen LogP contribution is 2.19. The zero-order valence-corrected chi connectivity index (χ0v) is 18.1. The van der Waals surface area contributed by atoms with Gasteiger partial charge in [0, 0.05) is 44.8 Å². The first-order valence-electron chi connectivity index (χ1n) is 10.7. The fourth-order valence-electron chi connectivity index (χ4n) is 3.43. The second kappa shape index (κ2) is 12.6. The molecule has 28 heavy (non-hydrogen) atoms. The topological polar surface area (TPSA) is 49.3 Å². The maximum absolute atomic E-state index is 6.07. The quantitative estimate of drug-likeness (QED) is 0.465. The SMILES string of the molecule is CCNC(=NCc1ccccc1OCCN(CC)CC)N(C)CC1CCOC1. The van der Waals surface area contributed by atoms with E-state index < -0.39 is 0 Å². The second-order valence-electron chi connectivity index (χ2n) is 7.26. The summed E-state index contributed by atoms with van der Waals surface area (Å²) in [4.78, 5) is 9.44. The minimum atomic E-state index is 0.588. The molecule has 6 heteroatoms. The molecule has 0 aliphatic carbocycles. The molecule has 0 bridgehead atoms. The molecule has 0 saturated carbocycles. The van der Waals surface area contributed by atoms with Gasteiger partial charge in [-0.3, -0.25) is 0 Å². The molecule has 1 aromatic rings. The van der Waals surface area contributed by atoms with E-state index in [1.54, 1.807) is 0 Å². The van der Waals surface area contributed by atoms with Crippen molar-refractivity contribution in [2.45, 2.75) is 33.7 Å². The third kappa shape index (κ3) is 7.32. The van der Waals surface area contributed by atoms with Crippen LogP contribution in [0.15, 0.2) is 29.3 Å². The van der Waals surface area contributed by atoms with Crippen LogP contribution in [-0.2, 0) is 11.3 Å². The van der Waals surface area contributed by atoms with E-state index in [1.807, 2.05) is 12.1 Å². The average molecular weight is 391 g/mol. The Hall–Kier alpha value is -1.79. The van der Waals surface area contributed by atoms with Gasteiger partial charge in [-0.15, -0.1) is 0 Å². The lowest BCUT2D eigenvalue weighted by Gasteiger charge is -2.24. The summed E-state index contributed by atoms with van der Waals surface area (Å²) in [6.45, 7) is 14.4. The molecule has 0 radical (unpaired) electrons. The molecule has 1 N–H and O–H groups in total. The fourth-order valence-corrected chi connectivity index (χ4v) is 3.43. The summed E-state index contributed by atoms with van der Waals surface area (Å²) < 4.78 is 11.6. The van der Waals surface area contributed by atoms with Gasteiger partial charge in [0.05, 0.1) is 13.2 Å². The van der Waals surface area contributed by atoms with Gasteiger partial charge in [-0.2, -0.15) is 0 Å². The Bertz CT molecular complexity index is 584. The van der Waals surface area contributed by atoms with Crippen LogP contribution in [-0.4, -0.2) is 75.4 Å².